The summed E-state index contributed by atoms with van der Waals surface area (Å²) in [7, 11) is 0. The van der Waals surface area contributed by atoms with Gasteiger partial charge in [-0.2, -0.15) is 5.10 Å². The largest absolute Gasteiger partial charge is 0.361 e. The first-order valence-corrected chi connectivity index (χ1v) is 7.06. The number of rotatable bonds is 5. The van der Waals surface area contributed by atoms with Crippen molar-refractivity contribution >= 4 is 0 Å². The lowest BCUT2D eigenvalue weighted by molar-refractivity contribution is 0.392. The van der Waals surface area contributed by atoms with Crippen molar-refractivity contribution < 1.29 is 4.52 Å². The van der Waals surface area contributed by atoms with Crippen LogP contribution in [0.5, 0.6) is 0 Å². The van der Waals surface area contributed by atoms with Crippen molar-refractivity contribution in [1.29, 1.82) is 0 Å². The smallest absolute Gasteiger partial charge is 0.138 e. The number of hydrogen-bond acceptors (Lipinski definition) is 4. The molecular weight excluding hydrogens is 264 g/mol. The van der Waals surface area contributed by atoms with E-state index >= 15 is 0 Å². The van der Waals surface area contributed by atoms with Gasteiger partial charge in [0, 0.05) is 12.0 Å². The van der Waals surface area contributed by atoms with Crippen molar-refractivity contribution in [2.75, 3.05) is 0 Å². The first-order chi connectivity index (χ1) is 10.2. The van der Waals surface area contributed by atoms with Gasteiger partial charge in [-0.3, -0.25) is 0 Å². The van der Waals surface area contributed by atoms with Crippen LogP contribution in [0.15, 0.2) is 41.2 Å². The van der Waals surface area contributed by atoms with Crippen molar-refractivity contribution in [3.63, 3.8) is 0 Å². The topological polar surface area (TPSA) is 56.7 Å². The summed E-state index contributed by atoms with van der Waals surface area (Å²) in [6, 6.07) is 10.3. The maximum atomic E-state index is 5.20. The lowest BCUT2D eigenvalue weighted by Gasteiger charge is -2.06. The predicted octanol–water partition coefficient (Wildman–Crippen LogP) is 2.72. The minimum atomic E-state index is 0.748. The molecule has 0 saturated carbocycles. The molecule has 0 aliphatic rings. The van der Waals surface area contributed by atoms with Crippen molar-refractivity contribution in [1.82, 2.24) is 19.9 Å². The van der Waals surface area contributed by atoms with Crippen LogP contribution in [0.3, 0.4) is 0 Å². The summed E-state index contributed by atoms with van der Waals surface area (Å²) in [6.07, 6.45) is 3.32. The van der Waals surface area contributed by atoms with Crippen molar-refractivity contribution in [3.8, 4) is 0 Å². The van der Waals surface area contributed by atoms with E-state index in [0.29, 0.717) is 0 Å². The van der Waals surface area contributed by atoms with Crippen LogP contribution in [-0.2, 0) is 19.4 Å². The summed E-state index contributed by atoms with van der Waals surface area (Å²) in [6.45, 7) is 4.67. The predicted molar refractivity (Wildman–Crippen MR) is 79.0 cm³/mol. The number of hydrogen-bond donors (Lipinski definition) is 0. The SMILES string of the molecule is Cc1noc(C)c1CCc1ncnn1Cc1ccccc1. The molecule has 1 aromatic carbocycles. The second-order valence-corrected chi connectivity index (χ2v) is 5.12. The number of aromatic nitrogens is 4. The average molecular weight is 282 g/mol. The minimum Gasteiger partial charge on any atom is -0.361 e. The summed E-state index contributed by atoms with van der Waals surface area (Å²) >= 11 is 0. The van der Waals surface area contributed by atoms with Gasteiger partial charge in [-0.15, -0.1) is 0 Å². The highest BCUT2D eigenvalue weighted by Crippen LogP contribution is 2.15. The van der Waals surface area contributed by atoms with Gasteiger partial charge in [-0.25, -0.2) is 9.67 Å². The van der Waals surface area contributed by atoms with E-state index in [9.17, 15) is 0 Å². The van der Waals surface area contributed by atoms with Gasteiger partial charge < -0.3 is 4.52 Å². The Morgan fingerprint density at radius 2 is 1.90 bits per heavy atom. The highest BCUT2D eigenvalue weighted by Gasteiger charge is 2.11. The van der Waals surface area contributed by atoms with Crippen LogP contribution in [0.4, 0.5) is 0 Å². The van der Waals surface area contributed by atoms with Gasteiger partial charge in [0.15, 0.2) is 0 Å². The third-order valence-electron chi connectivity index (χ3n) is 3.65. The normalized spacial score (nSPS) is 11.0. The molecule has 0 fully saturated rings. The lowest BCUT2D eigenvalue weighted by Crippen LogP contribution is -2.08. The van der Waals surface area contributed by atoms with Crippen LogP contribution < -0.4 is 0 Å². The first kappa shape index (κ1) is 13.5. The van der Waals surface area contributed by atoms with E-state index in [2.05, 4.69) is 27.4 Å². The molecule has 0 spiro atoms. The van der Waals surface area contributed by atoms with E-state index in [1.807, 2.05) is 36.7 Å². The molecule has 5 nitrogen and oxygen atoms in total. The molecule has 0 radical (unpaired) electrons. The van der Waals surface area contributed by atoms with E-state index in [1.165, 1.54) is 11.1 Å². The molecule has 3 aromatic rings. The van der Waals surface area contributed by atoms with Gasteiger partial charge in [0.1, 0.15) is 17.9 Å². The molecule has 0 amide bonds. The van der Waals surface area contributed by atoms with Gasteiger partial charge in [-0.1, -0.05) is 35.5 Å². The molecule has 0 aliphatic carbocycles. The van der Waals surface area contributed by atoms with Crippen molar-refractivity contribution in [2.24, 2.45) is 0 Å². The van der Waals surface area contributed by atoms with Crippen LogP contribution in [0.1, 0.15) is 28.4 Å². The third-order valence-corrected chi connectivity index (χ3v) is 3.65. The van der Waals surface area contributed by atoms with Crippen molar-refractivity contribution in [3.05, 3.63) is 65.1 Å². The van der Waals surface area contributed by atoms with Gasteiger partial charge in [0.05, 0.1) is 12.2 Å². The first-order valence-electron chi connectivity index (χ1n) is 7.06. The van der Waals surface area contributed by atoms with E-state index in [1.54, 1.807) is 6.33 Å². The van der Waals surface area contributed by atoms with E-state index in [-0.39, 0.29) is 0 Å². The zero-order valence-corrected chi connectivity index (χ0v) is 12.3. The molecule has 0 aliphatic heterocycles. The Morgan fingerprint density at radius 3 is 2.62 bits per heavy atom. The molecule has 108 valence electrons. The molecular formula is C16H18N4O. The van der Waals surface area contributed by atoms with Gasteiger partial charge in [-0.05, 0) is 25.8 Å². The molecule has 0 saturated heterocycles. The minimum absolute atomic E-state index is 0.748. The molecule has 5 heteroatoms. The Bertz CT molecular complexity index is 695. The Balaban J connectivity index is 1.71. The van der Waals surface area contributed by atoms with Crippen LogP contribution in [-0.4, -0.2) is 19.9 Å². The molecule has 2 aromatic heterocycles. The second kappa shape index (κ2) is 5.91. The van der Waals surface area contributed by atoms with Crippen LogP contribution in [0.2, 0.25) is 0 Å². The molecule has 0 atom stereocenters. The van der Waals surface area contributed by atoms with Crippen LogP contribution in [0.25, 0.3) is 0 Å². The molecule has 2 heterocycles. The molecule has 0 unspecified atom stereocenters. The van der Waals surface area contributed by atoms with E-state index in [0.717, 1.165) is 36.7 Å². The zero-order valence-electron chi connectivity index (χ0n) is 12.3. The summed E-state index contributed by atoms with van der Waals surface area (Å²) in [5.74, 6) is 1.88. The number of aryl methyl sites for hydroxylation is 3. The number of benzene rings is 1. The van der Waals surface area contributed by atoms with Crippen LogP contribution in [0, 0.1) is 13.8 Å². The molecule has 21 heavy (non-hydrogen) atoms. The lowest BCUT2D eigenvalue weighted by atomic mass is 10.1. The third kappa shape index (κ3) is 3.02. The Kier molecular flexibility index (Phi) is 3.81. The fraction of sp³-hybridized carbons (Fsp3) is 0.312. The Labute approximate surface area is 123 Å². The maximum absolute atomic E-state index is 5.20. The molecule has 3 rings (SSSR count). The quantitative estimate of drug-likeness (QED) is 0.722. The molecule has 0 N–H and O–H groups in total. The summed E-state index contributed by atoms with van der Waals surface area (Å²) in [4.78, 5) is 4.37. The summed E-state index contributed by atoms with van der Waals surface area (Å²) in [5.41, 5.74) is 3.35. The van der Waals surface area contributed by atoms with Crippen molar-refractivity contribution in [2.45, 2.75) is 33.2 Å². The van der Waals surface area contributed by atoms with Gasteiger partial charge >= 0.3 is 0 Å². The Hall–Kier alpha value is -2.43. The zero-order chi connectivity index (χ0) is 14.7. The molecule has 0 bridgehead atoms. The fourth-order valence-electron chi connectivity index (χ4n) is 2.47. The average Bonchev–Trinajstić information content (AvgIpc) is 3.06. The fourth-order valence-corrected chi connectivity index (χ4v) is 2.47. The standard InChI is InChI=1S/C16H18N4O/c1-12-15(13(2)21-19-12)8-9-16-17-11-18-20(16)10-14-6-4-3-5-7-14/h3-7,11H,8-10H2,1-2H3. The highest BCUT2D eigenvalue weighted by molar-refractivity contribution is 5.21. The van der Waals surface area contributed by atoms with E-state index < -0.39 is 0 Å². The second-order valence-electron chi connectivity index (χ2n) is 5.12. The van der Waals surface area contributed by atoms with Gasteiger partial charge in [0.2, 0.25) is 0 Å². The summed E-state index contributed by atoms with van der Waals surface area (Å²) < 4.78 is 7.15. The van der Waals surface area contributed by atoms with E-state index in [4.69, 9.17) is 4.52 Å². The maximum Gasteiger partial charge on any atom is 0.138 e. The van der Waals surface area contributed by atoms with Gasteiger partial charge in [0.25, 0.3) is 0 Å². The van der Waals surface area contributed by atoms with Crippen LogP contribution >= 0.6 is 0 Å². The monoisotopic (exact) mass is 282 g/mol. The summed E-state index contributed by atoms with van der Waals surface area (Å²) in [5, 5.41) is 8.31. The number of nitrogens with zero attached hydrogens (tertiary/aromatic N) is 4. The Morgan fingerprint density at radius 1 is 1.10 bits per heavy atom. The highest BCUT2D eigenvalue weighted by atomic mass is 16.5.